The number of hydrogen-bond donors (Lipinski definition) is 2. The summed E-state index contributed by atoms with van der Waals surface area (Å²) >= 11 is 0. The first-order chi connectivity index (χ1) is 24.8. The van der Waals surface area contributed by atoms with Crippen LogP contribution in [0.25, 0.3) is 0 Å². The predicted octanol–water partition coefficient (Wildman–Crippen LogP) is 11.5. The minimum atomic E-state index is -6.16. The van der Waals surface area contributed by atoms with Gasteiger partial charge in [0.05, 0.1) is 0 Å². The average molecular weight is 764 g/mol. The number of ether oxygens (including phenoxy) is 2. The Labute approximate surface area is 310 Å². The largest absolute Gasteiger partial charge is 0.431 e. The summed E-state index contributed by atoms with van der Waals surface area (Å²) in [5, 5.41) is 0. The van der Waals surface area contributed by atoms with Gasteiger partial charge in [-0.05, 0) is 12.8 Å². The predicted molar refractivity (Wildman–Crippen MR) is 196 cm³/mol. The van der Waals surface area contributed by atoms with E-state index in [2.05, 4.69) is 18.8 Å². The highest BCUT2D eigenvalue weighted by Gasteiger charge is 2.72. The summed E-state index contributed by atoms with van der Waals surface area (Å²) in [7, 11) is 0. The third-order valence-corrected chi connectivity index (χ3v) is 9.96. The molecule has 0 bridgehead atoms. The van der Waals surface area contributed by atoms with Crippen molar-refractivity contribution in [2.75, 3.05) is 26.7 Å². The van der Waals surface area contributed by atoms with Gasteiger partial charge in [0.25, 0.3) is 5.67 Å². The third kappa shape index (κ3) is 19.9. The smallest absolute Gasteiger partial charge is 0.366 e. The van der Waals surface area contributed by atoms with E-state index in [-0.39, 0.29) is 19.3 Å². The van der Waals surface area contributed by atoms with Crippen LogP contribution < -0.4 is 11.5 Å². The van der Waals surface area contributed by atoms with Crippen molar-refractivity contribution in [1.29, 1.82) is 0 Å². The molecule has 2 unspecified atom stereocenters. The van der Waals surface area contributed by atoms with Crippen LogP contribution in [0.2, 0.25) is 0 Å². The molecule has 0 aromatic heterocycles. The first-order valence-electron chi connectivity index (χ1n) is 20.4. The molecule has 0 saturated carbocycles. The number of alkyl halides is 7. The quantitative estimate of drug-likeness (QED) is 0.0511. The lowest BCUT2D eigenvalue weighted by molar-refractivity contribution is -0.342. The summed E-state index contributed by atoms with van der Waals surface area (Å²) in [5.41, 5.74) is 7.15. The minimum Gasteiger partial charge on any atom is -0.366 e. The molecule has 310 valence electrons. The standard InChI is InChI=1S/C38H72F7N5O2/c1-3-5-7-9-11-13-15-17-19-21-23-25-29-51-31-49-33(27-28-36(39,37(40,41)42)38(43,44)45)48-34(46)50(35(49)47)32-52-30-26-24-22-20-18-16-14-12-10-8-6-4-2/h34-35H,3-32,46-47H2,1-2H3. The van der Waals surface area contributed by atoms with Gasteiger partial charge in [0.1, 0.15) is 25.6 Å². The van der Waals surface area contributed by atoms with Crippen molar-refractivity contribution in [1.82, 2.24) is 9.80 Å². The molecule has 0 radical (unpaired) electrons. The number of hydrogen-bond acceptors (Lipinski definition) is 7. The molecule has 0 aliphatic carbocycles. The highest BCUT2D eigenvalue weighted by atomic mass is 19.4. The maximum absolute atomic E-state index is 14.5. The molecule has 1 aliphatic rings. The van der Waals surface area contributed by atoms with Gasteiger partial charge in [-0.15, -0.1) is 0 Å². The Hall–Kier alpha value is -1.22. The van der Waals surface area contributed by atoms with Gasteiger partial charge >= 0.3 is 12.4 Å². The van der Waals surface area contributed by atoms with Gasteiger partial charge in [-0.2, -0.15) is 26.3 Å². The van der Waals surface area contributed by atoms with Crippen LogP contribution >= 0.6 is 0 Å². The van der Waals surface area contributed by atoms with E-state index in [1.54, 1.807) is 0 Å². The molecule has 1 heterocycles. The van der Waals surface area contributed by atoms with Crippen molar-refractivity contribution in [3.63, 3.8) is 0 Å². The minimum absolute atomic E-state index is 0.0511. The maximum atomic E-state index is 14.5. The lowest BCUT2D eigenvalue weighted by atomic mass is 9.97. The summed E-state index contributed by atoms with van der Waals surface area (Å²) in [4.78, 5) is 6.81. The van der Waals surface area contributed by atoms with E-state index in [0.717, 1.165) is 44.9 Å². The van der Waals surface area contributed by atoms with Gasteiger partial charge in [-0.1, -0.05) is 155 Å². The number of nitrogens with zero attached hydrogens (tertiary/aromatic N) is 3. The molecule has 0 amide bonds. The summed E-state index contributed by atoms with van der Waals surface area (Å²) in [5.74, 6) is -0.276. The lowest BCUT2D eigenvalue weighted by Gasteiger charge is -2.44. The van der Waals surface area contributed by atoms with Gasteiger partial charge in [-0.3, -0.25) is 11.5 Å². The topological polar surface area (TPSA) is 89.3 Å². The number of unbranched alkanes of at least 4 members (excludes halogenated alkanes) is 22. The maximum Gasteiger partial charge on any atom is 0.431 e. The van der Waals surface area contributed by atoms with E-state index in [9.17, 15) is 30.7 Å². The Morgan fingerprint density at radius 3 is 1.25 bits per heavy atom. The van der Waals surface area contributed by atoms with Crippen molar-refractivity contribution in [3.8, 4) is 0 Å². The van der Waals surface area contributed by atoms with E-state index >= 15 is 0 Å². The van der Waals surface area contributed by atoms with Gasteiger partial charge in [0.2, 0.25) is 0 Å². The summed E-state index contributed by atoms with van der Waals surface area (Å²) in [6.07, 6.45) is 10.8. The second kappa shape index (κ2) is 28.2. The summed E-state index contributed by atoms with van der Waals surface area (Å²) in [6.45, 7) is 4.87. The lowest BCUT2D eigenvalue weighted by Crippen LogP contribution is -2.65. The number of nitrogens with two attached hydrogens (primary N) is 2. The van der Waals surface area contributed by atoms with Crippen LogP contribution in [0, 0.1) is 0 Å². The van der Waals surface area contributed by atoms with Crippen LogP contribution in [0.4, 0.5) is 30.7 Å². The Kier molecular flexibility index (Phi) is 26.5. The zero-order chi connectivity index (χ0) is 38.7. The van der Waals surface area contributed by atoms with Crippen LogP contribution in [0.1, 0.15) is 181 Å². The van der Waals surface area contributed by atoms with Crippen molar-refractivity contribution < 1.29 is 40.2 Å². The van der Waals surface area contributed by atoms with Crippen LogP contribution in [0.5, 0.6) is 0 Å². The highest BCUT2D eigenvalue weighted by molar-refractivity contribution is 5.83. The van der Waals surface area contributed by atoms with Gasteiger partial charge in [0, 0.05) is 26.1 Å². The zero-order valence-electron chi connectivity index (χ0n) is 32.3. The molecule has 0 aromatic carbocycles. The van der Waals surface area contributed by atoms with Crippen molar-refractivity contribution in [2.45, 2.75) is 211 Å². The van der Waals surface area contributed by atoms with Gasteiger partial charge in [-0.25, -0.2) is 14.3 Å². The van der Waals surface area contributed by atoms with Gasteiger partial charge in [0.15, 0.2) is 6.29 Å². The fourth-order valence-corrected chi connectivity index (χ4v) is 6.45. The molecule has 14 heteroatoms. The molecule has 0 saturated heterocycles. The number of halogens is 7. The normalized spacial score (nSPS) is 17.7. The van der Waals surface area contributed by atoms with Crippen LogP contribution in [-0.2, 0) is 9.47 Å². The number of amidine groups is 1. The monoisotopic (exact) mass is 764 g/mol. The Morgan fingerprint density at radius 1 is 0.538 bits per heavy atom. The highest BCUT2D eigenvalue weighted by Crippen LogP contribution is 2.49. The van der Waals surface area contributed by atoms with Gasteiger partial charge < -0.3 is 14.4 Å². The fraction of sp³-hybridized carbons (Fsp3) is 0.974. The molecule has 0 fully saturated rings. The first kappa shape index (κ1) is 48.8. The van der Waals surface area contributed by atoms with E-state index in [4.69, 9.17) is 20.9 Å². The molecule has 0 spiro atoms. The number of aliphatic imine (C=N–C) groups is 1. The van der Waals surface area contributed by atoms with Crippen molar-refractivity contribution >= 4 is 5.84 Å². The summed E-state index contributed by atoms with van der Waals surface area (Å²) in [6, 6.07) is 0. The average Bonchev–Trinajstić information content (AvgIpc) is 3.08. The molecule has 7 nitrogen and oxygen atoms in total. The van der Waals surface area contributed by atoms with Crippen LogP contribution in [0.15, 0.2) is 4.99 Å². The first-order valence-corrected chi connectivity index (χ1v) is 20.4. The molecule has 1 rings (SSSR count). The van der Waals surface area contributed by atoms with E-state index in [0.29, 0.717) is 13.2 Å². The molecular weight excluding hydrogens is 691 g/mol. The van der Waals surface area contributed by atoms with Crippen molar-refractivity contribution in [2.24, 2.45) is 16.5 Å². The van der Waals surface area contributed by atoms with E-state index in [1.165, 1.54) is 119 Å². The Morgan fingerprint density at radius 2 is 0.885 bits per heavy atom. The molecule has 0 aromatic rings. The van der Waals surface area contributed by atoms with Crippen LogP contribution in [-0.4, -0.2) is 72.9 Å². The number of rotatable bonds is 33. The Balaban J connectivity index is 2.57. The molecule has 1 aliphatic heterocycles. The van der Waals surface area contributed by atoms with Crippen LogP contribution in [0.3, 0.4) is 0 Å². The summed E-state index contributed by atoms with van der Waals surface area (Å²) < 4.78 is 106. The van der Waals surface area contributed by atoms with Crippen molar-refractivity contribution in [3.05, 3.63) is 0 Å². The third-order valence-electron chi connectivity index (χ3n) is 9.96. The zero-order valence-corrected chi connectivity index (χ0v) is 32.3. The SMILES string of the molecule is CCCCCCCCCCCCCCOCN1C(CCC(F)(C(F)(F)F)C(F)(F)F)=NC(N)N(COCCCCCCCCCCCCCC)C1N. The molecule has 4 N–H and O–H groups in total. The van der Waals surface area contributed by atoms with E-state index in [1.807, 2.05) is 0 Å². The Bertz CT molecular complexity index is 881. The second-order valence-corrected chi connectivity index (χ2v) is 14.5. The molecular formula is C38H72F7N5O2. The fourth-order valence-electron chi connectivity index (χ4n) is 6.45. The molecule has 2 atom stereocenters. The molecule has 52 heavy (non-hydrogen) atoms. The van der Waals surface area contributed by atoms with E-state index < -0.39 is 43.4 Å². The second-order valence-electron chi connectivity index (χ2n) is 14.5.